The van der Waals surface area contributed by atoms with Gasteiger partial charge in [0.05, 0.1) is 33.6 Å². The SMILES string of the molecule is COc1cc(NC(=O)OCCCN2CCN(c3cccc(Cl)c3)CC2)cc(OC)c1OC. The van der Waals surface area contributed by atoms with E-state index in [9.17, 15) is 4.79 Å². The topological polar surface area (TPSA) is 72.5 Å². The molecule has 9 heteroatoms. The second-order valence-electron chi connectivity index (χ2n) is 7.34. The molecule has 1 amide bonds. The Bertz CT molecular complexity index is 878. The van der Waals surface area contributed by atoms with E-state index in [4.69, 9.17) is 30.5 Å². The normalized spacial score (nSPS) is 14.1. The predicted octanol–water partition coefficient (Wildman–Crippen LogP) is 4.13. The Kier molecular flexibility index (Phi) is 8.70. The molecule has 0 atom stereocenters. The van der Waals surface area contributed by atoms with E-state index in [2.05, 4.69) is 21.2 Å². The van der Waals surface area contributed by atoms with Crippen LogP contribution in [0.25, 0.3) is 0 Å². The molecule has 174 valence electrons. The van der Waals surface area contributed by atoms with E-state index in [-0.39, 0.29) is 0 Å². The minimum Gasteiger partial charge on any atom is -0.493 e. The van der Waals surface area contributed by atoms with Crippen LogP contribution in [0.4, 0.5) is 16.2 Å². The lowest BCUT2D eigenvalue weighted by atomic mass is 10.2. The first-order valence-corrected chi connectivity index (χ1v) is 10.9. The van der Waals surface area contributed by atoms with Crippen LogP contribution in [0.1, 0.15) is 6.42 Å². The van der Waals surface area contributed by atoms with Crippen molar-refractivity contribution in [2.45, 2.75) is 6.42 Å². The van der Waals surface area contributed by atoms with Crippen LogP contribution in [0.15, 0.2) is 36.4 Å². The fraction of sp³-hybridized carbons (Fsp3) is 0.435. The van der Waals surface area contributed by atoms with E-state index in [0.717, 1.165) is 49.9 Å². The van der Waals surface area contributed by atoms with Gasteiger partial charge in [0, 0.05) is 55.6 Å². The van der Waals surface area contributed by atoms with Crippen molar-refractivity contribution < 1.29 is 23.7 Å². The second-order valence-corrected chi connectivity index (χ2v) is 7.77. The number of halogens is 1. The largest absolute Gasteiger partial charge is 0.493 e. The van der Waals surface area contributed by atoms with E-state index in [1.807, 2.05) is 18.2 Å². The average molecular weight is 464 g/mol. The standard InChI is InChI=1S/C23H30ClN3O5/c1-29-20-15-18(16-21(30-2)22(20)31-3)25-23(28)32-13-5-8-26-9-11-27(12-10-26)19-7-4-6-17(24)14-19/h4,6-7,14-16H,5,8-13H2,1-3H3,(H,25,28). The zero-order valence-electron chi connectivity index (χ0n) is 18.7. The number of anilines is 2. The quantitative estimate of drug-likeness (QED) is 0.560. The van der Waals surface area contributed by atoms with Crippen LogP contribution >= 0.6 is 11.6 Å². The molecular weight excluding hydrogens is 434 g/mol. The zero-order valence-corrected chi connectivity index (χ0v) is 19.5. The number of amides is 1. The molecular formula is C23H30ClN3O5. The van der Waals surface area contributed by atoms with E-state index < -0.39 is 6.09 Å². The van der Waals surface area contributed by atoms with E-state index in [1.165, 1.54) is 21.3 Å². The summed E-state index contributed by atoms with van der Waals surface area (Å²) in [6.45, 7) is 5.03. The van der Waals surface area contributed by atoms with Gasteiger partial charge < -0.3 is 23.8 Å². The Balaban J connectivity index is 1.39. The van der Waals surface area contributed by atoms with Crippen LogP contribution in [0.2, 0.25) is 5.02 Å². The van der Waals surface area contributed by atoms with Crippen LogP contribution < -0.4 is 24.4 Å². The van der Waals surface area contributed by atoms with Gasteiger partial charge in [0.2, 0.25) is 5.75 Å². The lowest BCUT2D eigenvalue weighted by Gasteiger charge is -2.36. The van der Waals surface area contributed by atoms with Gasteiger partial charge in [-0.05, 0) is 24.6 Å². The Morgan fingerprint density at radius 3 is 2.28 bits per heavy atom. The molecule has 2 aromatic rings. The fourth-order valence-electron chi connectivity index (χ4n) is 3.66. The van der Waals surface area contributed by atoms with Crippen LogP contribution in [-0.2, 0) is 4.74 Å². The summed E-state index contributed by atoms with van der Waals surface area (Å²) in [5.74, 6) is 1.38. The van der Waals surface area contributed by atoms with Crippen LogP contribution in [0.3, 0.4) is 0 Å². The number of nitrogens with one attached hydrogen (secondary N) is 1. The molecule has 0 radical (unpaired) electrons. The number of carbonyl (C=O) groups is 1. The first-order valence-electron chi connectivity index (χ1n) is 10.5. The number of carbonyl (C=O) groups excluding carboxylic acids is 1. The number of hydrogen-bond acceptors (Lipinski definition) is 7. The Labute approximate surface area is 193 Å². The summed E-state index contributed by atoms with van der Waals surface area (Å²) in [4.78, 5) is 16.9. The van der Waals surface area contributed by atoms with Gasteiger partial charge in [0.15, 0.2) is 11.5 Å². The lowest BCUT2D eigenvalue weighted by molar-refractivity contribution is 0.151. The predicted molar refractivity (Wildman–Crippen MR) is 126 cm³/mol. The molecule has 32 heavy (non-hydrogen) atoms. The van der Waals surface area contributed by atoms with Crippen molar-refractivity contribution in [1.29, 1.82) is 0 Å². The van der Waals surface area contributed by atoms with Crippen molar-refractivity contribution in [1.82, 2.24) is 4.90 Å². The number of benzene rings is 2. The van der Waals surface area contributed by atoms with Gasteiger partial charge in [-0.1, -0.05) is 17.7 Å². The van der Waals surface area contributed by atoms with Crippen molar-refractivity contribution in [2.24, 2.45) is 0 Å². The monoisotopic (exact) mass is 463 g/mol. The second kappa shape index (κ2) is 11.7. The highest BCUT2D eigenvalue weighted by Gasteiger charge is 2.18. The van der Waals surface area contributed by atoms with Gasteiger partial charge in [0.1, 0.15) is 0 Å². The van der Waals surface area contributed by atoms with Gasteiger partial charge in [-0.15, -0.1) is 0 Å². The molecule has 1 N–H and O–H groups in total. The minimum atomic E-state index is -0.523. The molecule has 8 nitrogen and oxygen atoms in total. The molecule has 1 aliphatic heterocycles. The van der Waals surface area contributed by atoms with Crippen LogP contribution in [0.5, 0.6) is 17.2 Å². The molecule has 0 unspecified atom stereocenters. The van der Waals surface area contributed by atoms with Crippen molar-refractivity contribution in [3.8, 4) is 17.2 Å². The van der Waals surface area contributed by atoms with Gasteiger partial charge in [0.25, 0.3) is 0 Å². The van der Waals surface area contributed by atoms with Gasteiger partial charge in [-0.3, -0.25) is 10.2 Å². The average Bonchev–Trinajstić information content (AvgIpc) is 2.81. The molecule has 3 rings (SSSR count). The molecule has 2 aromatic carbocycles. The Morgan fingerprint density at radius 2 is 1.69 bits per heavy atom. The molecule has 1 heterocycles. The minimum absolute atomic E-state index is 0.338. The third kappa shape index (κ3) is 6.34. The van der Waals surface area contributed by atoms with Gasteiger partial charge in [-0.25, -0.2) is 4.79 Å². The lowest BCUT2D eigenvalue weighted by Crippen LogP contribution is -2.46. The molecule has 0 saturated carbocycles. The number of rotatable bonds is 9. The molecule has 1 fully saturated rings. The Morgan fingerprint density at radius 1 is 1.00 bits per heavy atom. The van der Waals surface area contributed by atoms with Crippen molar-refractivity contribution in [2.75, 3.05) is 70.9 Å². The zero-order chi connectivity index (χ0) is 22.9. The van der Waals surface area contributed by atoms with E-state index in [0.29, 0.717) is 29.5 Å². The number of ether oxygens (including phenoxy) is 4. The highest BCUT2D eigenvalue weighted by Crippen LogP contribution is 2.39. The van der Waals surface area contributed by atoms with Crippen molar-refractivity contribution >= 4 is 29.1 Å². The van der Waals surface area contributed by atoms with Crippen LogP contribution in [0, 0.1) is 0 Å². The van der Waals surface area contributed by atoms with Gasteiger partial charge in [-0.2, -0.15) is 0 Å². The summed E-state index contributed by atoms with van der Waals surface area (Å²) in [5, 5.41) is 3.46. The summed E-state index contributed by atoms with van der Waals surface area (Å²) >= 11 is 6.10. The number of nitrogens with zero attached hydrogens (tertiary/aromatic N) is 2. The molecule has 0 aromatic heterocycles. The van der Waals surface area contributed by atoms with Crippen molar-refractivity contribution in [3.05, 3.63) is 41.4 Å². The fourth-order valence-corrected chi connectivity index (χ4v) is 3.85. The van der Waals surface area contributed by atoms with Crippen molar-refractivity contribution in [3.63, 3.8) is 0 Å². The molecule has 0 spiro atoms. The maximum absolute atomic E-state index is 12.2. The third-order valence-electron chi connectivity index (χ3n) is 5.31. The maximum atomic E-state index is 12.2. The highest BCUT2D eigenvalue weighted by atomic mass is 35.5. The summed E-state index contributed by atoms with van der Waals surface area (Å²) in [6, 6.07) is 11.3. The summed E-state index contributed by atoms with van der Waals surface area (Å²) in [5.41, 5.74) is 1.66. The smallest absolute Gasteiger partial charge is 0.411 e. The maximum Gasteiger partial charge on any atom is 0.411 e. The summed E-state index contributed by atoms with van der Waals surface area (Å²) in [6.07, 6.45) is 0.241. The first-order chi connectivity index (χ1) is 15.5. The molecule has 0 aliphatic carbocycles. The number of piperazine rings is 1. The molecule has 0 bridgehead atoms. The molecule has 1 saturated heterocycles. The van der Waals surface area contributed by atoms with E-state index in [1.54, 1.807) is 12.1 Å². The third-order valence-corrected chi connectivity index (χ3v) is 5.54. The number of methoxy groups -OCH3 is 3. The highest BCUT2D eigenvalue weighted by molar-refractivity contribution is 6.30. The van der Waals surface area contributed by atoms with Gasteiger partial charge >= 0.3 is 6.09 Å². The van der Waals surface area contributed by atoms with Crippen LogP contribution in [-0.4, -0.2) is 71.7 Å². The summed E-state index contributed by atoms with van der Waals surface area (Å²) < 4.78 is 21.2. The Hall–Kier alpha value is -2.84. The molecule has 1 aliphatic rings. The number of hydrogen-bond donors (Lipinski definition) is 1. The summed E-state index contributed by atoms with van der Waals surface area (Å²) in [7, 11) is 4.57. The first kappa shape index (κ1) is 23.8. The van der Waals surface area contributed by atoms with E-state index >= 15 is 0 Å².